The predicted octanol–water partition coefficient (Wildman–Crippen LogP) is 3.38. The quantitative estimate of drug-likeness (QED) is 0.602. The number of nitrogens with one attached hydrogen (secondary N) is 1. The number of benzene rings is 2. The van der Waals surface area contributed by atoms with Gasteiger partial charge in [-0.15, -0.1) is 0 Å². The van der Waals surface area contributed by atoms with Crippen LogP contribution in [0.15, 0.2) is 54.7 Å². The highest BCUT2D eigenvalue weighted by Crippen LogP contribution is 2.29. The number of methoxy groups -OCH3 is 2. The Kier molecular flexibility index (Phi) is 6.36. The molecule has 0 fully saturated rings. The Balaban J connectivity index is 1.62. The van der Waals surface area contributed by atoms with Gasteiger partial charge in [0, 0.05) is 23.6 Å². The molecule has 30 heavy (non-hydrogen) atoms. The van der Waals surface area contributed by atoms with E-state index in [-0.39, 0.29) is 0 Å². The van der Waals surface area contributed by atoms with Gasteiger partial charge in [-0.1, -0.05) is 0 Å². The summed E-state index contributed by atoms with van der Waals surface area (Å²) in [4.78, 5) is 24.8. The fourth-order valence-corrected chi connectivity index (χ4v) is 2.82. The van der Waals surface area contributed by atoms with Crippen molar-refractivity contribution in [3.05, 3.63) is 66.0 Å². The zero-order valence-corrected chi connectivity index (χ0v) is 17.2. The lowest BCUT2D eigenvalue weighted by molar-refractivity contribution is -0.123. The third-order valence-electron chi connectivity index (χ3n) is 4.48. The summed E-state index contributed by atoms with van der Waals surface area (Å²) in [6.45, 7) is 3.45. The summed E-state index contributed by atoms with van der Waals surface area (Å²) in [6, 6.07) is 13.7. The molecule has 1 atom stereocenters. The highest BCUT2D eigenvalue weighted by molar-refractivity contribution is 5.97. The molecule has 8 nitrogen and oxygen atoms in total. The first-order chi connectivity index (χ1) is 14.4. The van der Waals surface area contributed by atoms with Crippen molar-refractivity contribution in [2.24, 2.45) is 0 Å². The first-order valence-electron chi connectivity index (χ1n) is 9.28. The summed E-state index contributed by atoms with van der Waals surface area (Å²) in [5.74, 6) is -0.0239. The second-order valence-corrected chi connectivity index (χ2v) is 6.54. The van der Waals surface area contributed by atoms with E-state index in [9.17, 15) is 9.59 Å². The highest BCUT2D eigenvalue weighted by atomic mass is 16.5. The van der Waals surface area contributed by atoms with Crippen molar-refractivity contribution in [3.8, 4) is 17.2 Å². The molecule has 1 amide bonds. The van der Waals surface area contributed by atoms with E-state index in [2.05, 4.69) is 10.4 Å². The zero-order valence-electron chi connectivity index (χ0n) is 17.2. The smallest absolute Gasteiger partial charge is 0.338 e. The minimum atomic E-state index is -0.987. The van der Waals surface area contributed by atoms with Crippen LogP contribution in [0, 0.1) is 6.92 Å². The van der Waals surface area contributed by atoms with Crippen LogP contribution >= 0.6 is 0 Å². The van der Waals surface area contributed by atoms with Crippen LogP contribution in [0.3, 0.4) is 0 Å². The lowest BCUT2D eigenvalue weighted by atomic mass is 10.2. The van der Waals surface area contributed by atoms with Gasteiger partial charge in [-0.25, -0.2) is 9.48 Å². The molecule has 0 spiro atoms. The van der Waals surface area contributed by atoms with Gasteiger partial charge in [0.1, 0.15) is 0 Å². The second-order valence-electron chi connectivity index (χ2n) is 6.54. The summed E-state index contributed by atoms with van der Waals surface area (Å²) >= 11 is 0. The topological polar surface area (TPSA) is 91.7 Å². The van der Waals surface area contributed by atoms with Crippen molar-refractivity contribution in [3.63, 3.8) is 0 Å². The molecule has 0 aliphatic heterocycles. The Morgan fingerprint density at radius 3 is 2.30 bits per heavy atom. The number of aromatic nitrogens is 2. The van der Waals surface area contributed by atoms with E-state index in [0.717, 1.165) is 11.4 Å². The SMILES string of the molecule is COc1ccc(NC(=O)[C@@H](C)OC(=O)c2ccc(-n3nccc3C)cc2)cc1OC. The van der Waals surface area contributed by atoms with Crippen LogP contribution < -0.4 is 14.8 Å². The Bertz CT molecular complexity index is 1040. The monoisotopic (exact) mass is 409 g/mol. The van der Waals surface area contributed by atoms with Crippen LogP contribution in [-0.4, -0.2) is 42.0 Å². The summed E-state index contributed by atoms with van der Waals surface area (Å²) in [7, 11) is 3.03. The molecule has 0 aliphatic rings. The van der Waals surface area contributed by atoms with E-state index < -0.39 is 18.0 Å². The lowest BCUT2D eigenvalue weighted by Gasteiger charge is -2.15. The number of carbonyl (C=O) groups excluding carboxylic acids is 2. The summed E-state index contributed by atoms with van der Waals surface area (Å²) in [5.41, 5.74) is 2.65. The molecule has 0 saturated heterocycles. The normalized spacial score (nSPS) is 11.5. The van der Waals surface area contributed by atoms with Gasteiger partial charge in [0.15, 0.2) is 17.6 Å². The van der Waals surface area contributed by atoms with E-state index in [0.29, 0.717) is 22.7 Å². The molecular formula is C22H23N3O5. The number of hydrogen-bond acceptors (Lipinski definition) is 6. The molecule has 0 saturated carbocycles. The Hall–Kier alpha value is -3.81. The molecule has 0 aliphatic carbocycles. The first-order valence-corrected chi connectivity index (χ1v) is 9.28. The number of nitrogens with zero attached hydrogens (tertiary/aromatic N) is 2. The fraction of sp³-hybridized carbons (Fsp3) is 0.227. The number of amides is 1. The third-order valence-corrected chi connectivity index (χ3v) is 4.48. The molecule has 1 aromatic heterocycles. The highest BCUT2D eigenvalue weighted by Gasteiger charge is 2.20. The standard InChI is InChI=1S/C22H23N3O5/c1-14-11-12-23-25(14)18-8-5-16(6-9-18)22(27)30-15(2)21(26)24-17-7-10-19(28-3)20(13-17)29-4/h5-13,15H,1-4H3,(H,24,26)/t15-/m1/s1. The average molecular weight is 409 g/mol. The van der Waals surface area contributed by atoms with E-state index in [1.807, 2.05) is 13.0 Å². The van der Waals surface area contributed by atoms with Crippen molar-refractivity contribution < 1.29 is 23.8 Å². The van der Waals surface area contributed by atoms with Gasteiger partial charge < -0.3 is 19.5 Å². The fourth-order valence-electron chi connectivity index (χ4n) is 2.82. The predicted molar refractivity (Wildman–Crippen MR) is 111 cm³/mol. The van der Waals surface area contributed by atoms with Crippen LogP contribution in [-0.2, 0) is 9.53 Å². The van der Waals surface area contributed by atoms with E-state index in [1.54, 1.807) is 53.3 Å². The molecule has 0 bridgehead atoms. The molecular weight excluding hydrogens is 386 g/mol. The van der Waals surface area contributed by atoms with Crippen molar-refractivity contribution in [2.45, 2.75) is 20.0 Å². The Morgan fingerprint density at radius 2 is 1.70 bits per heavy atom. The van der Waals surface area contributed by atoms with Crippen molar-refractivity contribution >= 4 is 17.6 Å². The molecule has 156 valence electrons. The molecule has 1 N–H and O–H groups in total. The molecule has 3 rings (SSSR count). The van der Waals surface area contributed by atoms with Gasteiger partial charge in [-0.3, -0.25) is 4.79 Å². The van der Waals surface area contributed by atoms with E-state index in [4.69, 9.17) is 14.2 Å². The molecule has 0 unspecified atom stereocenters. The molecule has 2 aromatic carbocycles. The molecule has 3 aromatic rings. The Morgan fingerprint density at radius 1 is 1.00 bits per heavy atom. The van der Waals surface area contributed by atoms with Crippen LogP contribution in [0.1, 0.15) is 23.0 Å². The number of ether oxygens (including phenoxy) is 3. The average Bonchev–Trinajstić information content (AvgIpc) is 3.19. The van der Waals surface area contributed by atoms with Gasteiger partial charge in [0.25, 0.3) is 5.91 Å². The second kappa shape index (κ2) is 9.13. The van der Waals surface area contributed by atoms with Crippen LogP contribution in [0.25, 0.3) is 5.69 Å². The molecule has 8 heteroatoms. The van der Waals surface area contributed by atoms with Crippen LogP contribution in [0.5, 0.6) is 11.5 Å². The van der Waals surface area contributed by atoms with Gasteiger partial charge in [-0.2, -0.15) is 5.10 Å². The van der Waals surface area contributed by atoms with Crippen molar-refractivity contribution in [1.29, 1.82) is 0 Å². The number of anilines is 1. The Labute approximate surface area is 174 Å². The number of hydrogen-bond donors (Lipinski definition) is 1. The first kappa shape index (κ1) is 20.9. The summed E-state index contributed by atoms with van der Waals surface area (Å²) in [6.07, 6.45) is 0.717. The maximum atomic E-state index is 12.4. The van der Waals surface area contributed by atoms with Crippen molar-refractivity contribution in [1.82, 2.24) is 9.78 Å². The van der Waals surface area contributed by atoms with E-state index >= 15 is 0 Å². The van der Waals surface area contributed by atoms with Gasteiger partial charge in [0.2, 0.25) is 0 Å². The molecule has 0 radical (unpaired) electrons. The zero-order chi connectivity index (χ0) is 21.7. The van der Waals surface area contributed by atoms with Gasteiger partial charge in [-0.05, 0) is 56.3 Å². The molecule has 1 heterocycles. The third kappa shape index (κ3) is 4.60. The maximum absolute atomic E-state index is 12.4. The lowest BCUT2D eigenvalue weighted by Crippen LogP contribution is -2.30. The van der Waals surface area contributed by atoms with Gasteiger partial charge in [0.05, 0.1) is 25.5 Å². The summed E-state index contributed by atoms with van der Waals surface area (Å²) in [5, 5.41) is 6.92. The number of esters is 1. The summed E-state index contributed by atoms with van der Waals surface area (Å²) < 4.78 is 17.4. The maximum Gasteiger partial charge on any atom is 0.338 e. The number of aryl methyl sites for hydroxylation is 1. The largest absolute Gasteiger partial charge is 0.493 e. The van der Waals surface area contributed by atoms with Crippen LogP contribution in [0.2, 0.25) is 0 Å². The minimum absolute atomic E-state index is 0.342. The van der Waals surface area contributed by atoms with E-state index in [1.165, 1.54) is 21.1 Å². The number of rotatable bonds is 7. The van der Waals surface area contributed by atoms with Crippen LogP contribution in [0.4, 0.5) is 5.69 Å². The number of carbonyl (C=O) groups is 2. The van der Waals surface area contributed by atoms with Gasteiger partial charge >= 0.3 is 5.97 Å². The van der Waals surface area contributed by atoms with Crippen molar-refractivity contribution in [2.75, 3.05) is 19.5 Å². The minimum Gasteiger partial charge on any atom is -0.493 e.